The summed E-state index contributed by atoms with van der Waals surface area (Å²) in [6.45, 7) is 5.04. The lowest BCUT2D eigenvalue weighted by atomic mass is 9.51. The van der Waals surface area contributed by atoms with Crippen molar-refractivity contribution in [3.8, 4) is 0 Å². The molecule has 0 radical (unpaired) electrons. The Hall–Kier alpha value is -1.47. The molecule has 1 saturated heterocycles. The van der Waals surface area contributed by atoms with Crippen LogP contribution in [0, 0.1) is 41.4 Å². The number of hydrogen-bond donors (Lipinski definition) is 1. The number of ether oxygens (including phenoxy) is 2. The number of aliphatic hydroxyl groups is 1. The number of hydrogen-bond acceptors (Lipinski definition) is 5. The number of likely N-dealkylation sites (tertiary alicyclic amines) is 1. The summed E-state index contributed by atoms with van der Waals surface area (Å²) in [6, 6.07) is -0.117. The minimum Gasteiger partial charge on any atom is -0.463 e. The van der Waals surface area contributed by atoms with Gasteiger partial charge in [0.25, 0.3) is 0 Å². The highest BCUT2D eigenvalue weighted by Crippen LogP contribution is 2.58. The summed E-state index contributed by atoms with van der Waals surface area (Å²) in [7, 11) is 0. The van der Waals surface area contributed by atoms with E-state index in [0.29, 0.717) is 56.3 Å². The van der Waals surface area contributed by atoms with Crippen LogP contribution in [0.2, 0.25) is 0 Å². The van der Waals surface area contributed by atoms with Crippen LogP contribution in [-0.2, 0) is 19.1 Å². The number of amides is 1. The fourth-order valence-corrected chi connectivity index (χ4v) is 12.1. The zero-order valence-corrected chi connectivity index (χ0v) is 29.8. The third-order valence-electron chi connectivity index (χ3n) is 14.3. The van der Waals surface area contributed by atoms with E-state index < -0.39 is 17.9 Å². The molecule has 6 aliphatic rings. The van der Waals surface area contributed by atoms with Gasteiger partial charge in [-0.05, 0) is 113 Å². The van der Waals surface area contributed by atoms with Crippen LogP contribution in [0.4, 0.5) is 4.39 Å². The molecule has 6 nitrogen and oxygen atoms in total. The zero-order valence-electron chi connectivity index (χ0n) is 29.8. The summed E-state index contributed by atoms with van der Waals surface area (Å²) in [5.74, 6) is 2.66. The SMILES string of the molecule is C=CC(=O)OCCCCCCOC1CCC(C(=O)N2CCC[C@H]2C(O)(C2CCCC3CCCCC32)C2CCCC3CCCCC32)CC1F. The van der Waals surface area contributed by atoms with Crippen LogP contribution >= 0.6 is 0 Å². The van der Waals surface area contributed by atoms with Crippen LogP contribution in [-0.4, -0.2) is 65.6 Å². The van der Waals surface area contributed by atoms with Crippen molar-refractivity contribution < 1.29 is 28.6 Å². The van der Waals surface area contributed by atoms with E-state index in [4.69, 9.17) is 9.47 Å². The molecule has 0 aromatic carbocycles. The fraction of sp³-hybridized carbons (Fsp3) is 0.902. The van der Waals surface area contributed by atoms with E-state index in [0.717, 1.165) is 63.2 Å². The number of esters is 1. The number of carbonyl (C=O) groups is 2. The fourth-order valence-electron chi connectivity index (χ4n) is 12.1. The third-order valence-corrected chi connectivity index (χ3v) is 14.3. The van der Waals surface area contributed by atoms with E-state index in [-0.39, 0.29) is 30.3 Å². The summed E-state index contributed by atoms with van der Waals surface area (Å²) < 4.78 is 26.6. The van der Waals surface area contributed by atoms with Crippen LogP contribution in [0.1, 0.15) is 148 Å². The van der Waals surface area contributed by atoms with Gasteiger partial charge in [-0.25, -0.2) is 9.18 Å². The van der Waals surface area contributed by atoms with Crippen molar-refractivity contribution in [2.75, 3.05) is 19.8 Å². The van der Waals surface area contributed by atoms with Gasteiger partial charge in [-0.2, -0.15) is 0 Å². The Bertz CT molecular complexity index is 1030. The predicted octanol–water partition coefficient (Wildman–Crippen LogP) is 8.73. The van der Waals surface area contributed by atoms with E-state index in [1.54, 1.807) is 0 Å². The van der Waals surface area contributed by atoms with Crippen LogP contribution in [0.25, 0.3) is 0 Å². The Morgan fingerprint density at radius 2 is 1.35 bits per heavy atom. The Morgan fingerprint density at radius 3 is 1.98 bits per heavy atom. The quantitative estimate of drug-likeness (QED) is 0.120. The minimum absolute atomic E-state index is 0.112. The van der Waals surface area contributed by atoms with E-state index in [2.05, 4.69) is 11.5 Å². The first-order valence-corrected chi connectivity index (χ1v) is 20.5. The van der Waals surface area contributed by atoms with Gasteiger partial charge < -0.3 is 19.5 Å². The monoisotopic (exact) mass is 671 g/mol. The number of carbonyl (C=O) groups excluding carboxylic acids is 2. The lowest BCUT2D eigenvalue weighted by Crippen LogP contribution is -2.65. The molecule has 10 atom stereocenters. The predicted molar refractivity (Wildman–Crippen MR) is 187 cm³/mol. The van der Waals surface area contributed by atoms with Crippen molar-refractivity contribution in [3.05, 3.63) is 12.7 Å². The van der Waals surface area contributed by atoms with Gasteiger partial charge in [0.05, 0.1) is 24.4 Å². The molecule has 48 heavy (non-hydrogen) atoms. The largest absolute Gasteiger partial charge is 0.463 e. The number of halogens is 1. The number of nitrogens with zero attached hydrogens (tertiary/aromatic N) is 1. The van der Waals surface area contributed by atoms with Gasteiger partial charge in [0.15, 0.2) is 0 Å². The number of rotatable bonds is 13. The smallest absolute Gasteiger partial charge is 0.330 e. The average molecular weight is 672 g/mol. The highest BCUT2D eigenvalue weighted by Gasteiger charge is 2.60. The summed E-state index contributed by atoms with van der Waals surface area (Å²) in [4.78, 5) is 27.7. The highest BCUT2D eigenvalue weighted by atomic mass is 19.1. The zero-order chi connectivity index (χ0) is 33.5. The van der Waals surface area contributed by atoms with Crippen molar-refractivity contribution in [2.24, 2.45) is 41.4 Å². The van der Waals surface area contributed by atoms with Gasteiger partial charge in [-0.1, -0.05) is 77.2 Å². The molecule has 6 fully saturated rings. The molecule has 1 heterocycles. The number of alkyl halides is 1. The number of unbranched alkanes of at least 4 members (excludes halogenated alkanes) is 3. The van der Waals surface area contributed by atoms with E-state index in [1.807, 2.05) is 0 Å². The van der Waals surface area contributed by atoms with Crippen molar-refractivity contribution in [3.63, 3.8) is 0 Å². The van der Waals surface area contributed by atoms with Gasteiger partial charge in [0.2, 0.25) is 5.91 Å². The summed E-state index contributed by atoms with van der Waals surface area (Å²) >= 11 is 0. The molecule has 1 amide bonds. The molecule has 0 aromatic heterocycles. The molecule has 0 spiro atoms. The third kappa shape index (κ3) is 8.03. The molecule has 5 aliphatic carbocycles. The molecular weight excluding hydrogens is 605 g/mol. The minimum atomic E-state index is -1.13. The Balaban J connectivity index is 1.09. The second-order valence-corrected chi connectivity index (χ2v) is 16.8. The average Bonchev–Trinajstić information content (AvgIpc) is 3.63. The Labute approximate surface area is 290 Å². The lowest BCUT2D eigenvalue weighted by Gasteiger charge is -2.59. The van der Waals surface area contributed by atoms with Gasteiger partial charge in [0, 0.05) is 25.1 Å². The van der Waals surface area contributed by atoms with Crippen molar-refractivity contribution in [2.45, 2.75) is 172 Å². The molecular formula is C41H66FNO5. The summed E-state index contributed by atoms with van der Waals surface area (Å²) in [5, 5.41) is 13.7. The molecule has 0 aromatic rings. The molecule has 5 saturated carbocycles. The van der Waals surface area contributed by atoms with Crippen molar-refractivity contribution >= 4 is 11.9 Å². The first-order valence-electron chi connectivity index (χ1n) is 20.5. The van der Waals surface area contributed by atoms with E-state index >= 15 is 4.39 Å². The topological polar surface area (TPSA) is 76.1 Å². The van der Waals surface area contributed by atoms with Crippen LogP contribution < -0.4 is 0 Å². The first-order chi connectivity index (χ1) is 23.4. The van der Waals surface area contributed by atoms with Gasteiger partial charge in [-0.15, -0.1) is 0 Å². The first kappa shape index (κ1) is 36.3. The lowest BCUT2D eigenvalue weighted by molar-refractivity contribution is -0.190. The molecule has 9 unspecified atom stereocenters. The maximum absolute atomic E-state index is 15.6. The number of fused-ring (bicyclic) bond motifs is 2. The summed E-state index contributed by atoms with van der Waals surface area (Å²) in [5.41, 5.74) is -0.823. The Kier molecular flexibility index (Phi) is 13.0. The second kappa shape index (κ2) is 17.2. The standard InChI is InChI=1S/C41H66FNO5/c1-2-39(44)48-27-10-4-3-9-26-47-37-24-23-31(28-36(37)42)40(45)43-25-13-22-38(43)41(46,34-20-11-16-29-14-5-7-18-32(29)34)35-21-12-17-30-15-6-8-19-33(30)35/h2,29-38,46H,1,3-28H2/t29?,30?,31?,32?,33?,34?,35?,36?,37?,38-,41?/m0/s1. The molecule has 6 rings (SSSR count). The van der Waals surface area contributed by atoms with Crippen LogP contribution in [0.3, 0.4) is 0 Å². The molecule has 0 bridgehead atoms. The maximum atomic E-state index is 15.6. The molecule has 272 valence electrons. The maximum Gasteiger partial charge on any atom is 0.330 e. The van der Waals surface area contributed by atoms with Crippen molar-refractivity contribution in [1.82, 2.24) is 4.90 Å². The van der Waals surface area contributed by atoms with E-state index in [9.17, 15) is 14.7 Å². The van der Waals surface area contributed by atoms with Gasteiger partial charge >= 0.3 is 5.97 Å². The van der Waals surface area contributed by atoms with Crippen LogP contribution in [0.15, 0.2) is 12.7 Å². The normalized spacial score (nSPS) is 38.3. The van der Waals surface area contributed by atoms with Crippen molar-refractivity contribution in [1.29, 1.82) is 0 Å². The summed E-state index contributed by atoms with van der Waals surface area (Å²) in [6.07, 6.45) is 24.1. The Morgan fingerprint density at radius 1 is 0.750 bits per heavy atom. The van der Waals surface area contributed by atoms with E-state index in [1.165, 1.54) is 83.1 Å². The van der Waals surface area contributed by atoms with Crippen LogP contribution in [0.5, 0.6) is 0 Å². The second-order valence-electron chi connectivity index (χ2n) is 16.8. The highest BCUT2D eigenvalue weighted by molar-refractivity contribution is 5.81. The molecule has 1 aliphatic heterocycles. The van der Waals surface area contributed by atoms with Gasteiger partial charge in [-0.3, -0.25) is 4.79 Å². The molecule has 1 N–H and O–H groups in total. The molecule has 7 heteroatoms. The van der Waals surface area contributed by atoms with Gasteiger partial charge in [0.1, 0.15) is 6.17 Å².